The molecule has 1 unspecified atom stereocenters. The number of rotatable bonds is 6. The highest BCUT2D eigenvalue weighted by Gasteiger charge is 2.10. The van der Waals surface area contributed by atoms with E-state index in [1.54, 1.807) is 26.2 Å². The number of Topliss-reactive ketones (excluding diaryl/α,β-unsaturated/α-hetero) is 1. The van der Waals surface area contributed by atoms with E-state index in [0.717, 1.165) is 18.4 Å². The summed E-state index contributed by atoms with van der Waals surface area (Å²) in [6, 6.07) is 6.41. The van der Waals surface area contributed by atoms with Crippen molar-refractivity contribution in [1.29, 1.82) is 0 Å². The Morgan fingerprint density at radius 1 is 1.38 bits per heavy atom. The Bertz CT molecular complexity index is 332. The van der Waals surface area contributed by atoms with Crippen molar-refractivity contribution in [1.82, 2.24) is 0 Å². The Kier molecular flexibility index (Phi) is 5.12. The van der Waals surface area contributed by atoms with Crippen molar-refractivity contribution in [2.45, 2.75) is 32.3 Å². The zero-order valence-corrected chi connectivity index (χ0v) is 9.70. The van der Waals surface area contributed by atoms with Gasteiger partial charge in [0.25, 0.3) is 0 Å². The minimum Gasteiger partial charge on any atom is -0.381 e. The molecule has 1 rings (SSSR count). The van der Waals surface area contributed by atoms with Crippen LogP contribution in [0.1, 0.15) is 25.3 Å². The van der Waals surface area contributed by atoms with E-state index in [4.69, 9.17) is 4.74 Å². The van der Waals surface area contributed by atoms with Gasteiger partial charge in [-0.2, -0.15) is 0 Å². The van der Waals surface area contributed by atoms with Gasteiger partial charge in [0.2, 0.25) is 0 Å². The van der Waals surface area contributed by atoms with Crippen molar-refractivity contribution in [3.05, 3.63) is 35.6 Å². The molecule has 0 fully saturated rings. The van der Waals surface area contributed by atoms with Gasteiger partial charge in [0, 0.05) is 13.5 Å². The Morgan fingerprint density at radius 3 is 2.50 bits per heavy atom. The number of hydrogen-bond acceptors (Lipinski definition) is 2. The molecule has 0 N–H and O–H groups in total. The molecule has 0 aliphatic rings. The molecular formula is C13H17FO2. The van der Waals surface area contributed by atoms with Crippen molar-refractivity contribution in [2.24, 2.45) is 0 Å². The average Bonchev–Trinajstić information content (AvgIpc) is 2.26. The van der Waals surface area contributed by atoms with Gasteiger partial charge in [-0.25, -0.2) is 4.39 Å². The summed E-state index contributed by atoms with van der Waals surface area (Å²) in [4.78, 5) is 10.9. The molecule has 16 heavy (non-hydrogen) atoms. The van der Waals surface area contributed by atoms with E-state index in [1.807, 2.05) is 0 Å². The molecule has 0 spiro atoms. The van der Waals surface area contributed by atoms with Crippen LogP contribution >= 0.6 is 0 Å². The van der Waals surface area contributed by atoms with Gasteiger partial charge < -0.3 is 4.74 Å². The lowest BCUT2D eigenvalue weighted by Gasteiger charge is -2.13. The normalized spacial score (nSPS) is 12.4. The lowest BCUT2D eigenvalue weighted by molar-refractivity contribution is -0.119. The summed E-state index contributed by atoms with van der Waals surface area (Å²) in [5.74, 6) is -0.0956. The fourth-order valence-electron chi connectivity index (χ4n) is 1.60. The van der Waals surface area contributed by atoms with Gasteiger partial charge in [-0.3, -0.25) is 4.79 Å². The van der Waals surface area contributed by atoms with Crippen LogP contribution < -0.4 is 0 Å². The van der Waals surface area contributed by atoms with Crippen LogP contribution in [0.3, 0.4) is 0 Å². The molecule has 88 valence electrons. The quantitative estimate of drug-likeness (QED) is 0.742. The molecule has 0 bridgehead atoms. The van der Waals surface area contributed by atoms with Gasteiger partial charge in [0.15, 0.2) is 0 Å². The standard InChI is InChI=1S/C13H17FO2/c1-10(15)9-13(16-2)8-5-11-3-6-12(14)7-4-11/h3-4,6-7,13H,5,8-9H2,1-2H3. The number of ketones is 1. The van der Waals surface area contributed by atoms with Crippen LogP contribution in [0.25, 0.3) is 0 Å². The summed E-state index contributed by atoms with van der Waals surface area (Å²) < 4.78 is 17.9. The third kappa shape index (κ3) is 4.53. The van der Waals surface area contributed by atoms with Gasteiger partial charge in [-0.05, 0) is 37.5 Å². The second kappa shape index (κ2) is 6.38. The summed E-state index contributed by atoms with van der Waals surface area (Å²) in [5, 5.41) is 0. The molecule has 0 saturated heterocycles. The first-order valence-electron chi connectivity index (χ1n) is 5.38. The van der Waals surface area contributed by atoms with Crippen molar-refractivity contribution in [3.63, 3.8) is 0 Å². The number of hydrogen-bond donors (Lipinski definition) is 0. The molecule has 1 aromatic rings. The third-order valence-electron chi connectivity index (χ3n) is 2.52. The first kappa shape index (κ1) is 12.8. The number of benzene rings is 1. The summed E-state index contributed by atoms with van der Waals surface area (Å²) in [6.45, 7) is 1.56. The van der Waals surface area contributed by atoms with E-state index in [-0.39, 0.29) is 17.7 Å². The molecule has 0 heterocycles. The maximum Gasteiger partial charge on any atom is 0.132 e. The first-order chi connectivity index (χ1) is 7.61. The van der Waals surface area contributed by atoms with Crippen LogP contribution in [0.5, 0.6) is 0 Å². The van der Waals surface area contributed by atoms with E-state index in [0.29, 0.717) is 6.42 Å². The largest absolute Gasteiger partial charge is 0.381 e. The van der Waals surface area contributed by atoms with E-state index < -0.39 is 0 Å². The average molecular weight is 224 g/mol. The van der Waals surface area contributed by atoms with Gasteiger partial charge in [-0.1, -0.05) is 12.1 Å². The Morgan fingerprint density at radius 2 is 2.00 bits per heavy atom. The van der Waals surface area contributed by atoms with Crippen molar-refractivity contribution in [3.8, 4) is 0 Å². The zero-order chi connectivity index (χ0) is 12.0. The summed E-state index contributed by atoms with van der Waals surface area (Å²) >= 11 is 0. The van der Waals surface area contributed by atoms with E-state index >= 15 is 0 Å². The van der Waals surface area contributed by atoms with Gasteiger partial charge >= 0.3 is 0 Å². The van der Waals surface area contributed by atoms with Crippen molar-refractivity contribution >= 4 is 5.78 Å². The molecule has 0 radical (unpaired) electrons. The molecule has 0 aliphatic heterocycles. The fraction of sp³-hybridized carbons (Fsp3) is 0.462. The molecule has 0 amide bonds. The molecular weight excluding hydrogens is 207 g/mol. The summed E-state index contributed by atoms with van der Waals surface area (Å²) in [6.07, 6.45) is 1.98. The second-order valence-electron chi connectivity index (χ2n) is 3.93. The van der Waals surface area contributed by atoms with Gasteiger partial charge in [0.1, 0.15) is 11.6 Å². The molecule has 0 aliphatic carbocycles. The second-order valence-corrected chi connectivity index (χ2v) is 3.93. The SMILES string of the molecule is COC(CCc1ccc(F)cc1)CC(C)=O. The first-order valence-corrected chi connectivity index (χ1v) is 5.38. The van der Waals surface area contributed by atoms with Crippen LogP contribution in [0.15, 0.2) is 24.3 Å². The molecule has 1 atom stereocenters. The Balaban J connectivity index is 2.43. The highest BCUT2D eigenvalue weighted by Crippen LogP contribution is 2.11. The number of carbonyl (C=O) groups is 1. The Labute approximate surface area is 95.4 Å². The van der Waals surface area contributed by atoms with Gasteiger partial charge in [0.05, 0.1) is 6.10 Å². The van der Waals surface area contributed by atoms with Crippen molar-refractivity contribution in [2.75, 3.05) is 7.11 Å². The van der Waals surface area contributed by atoms with Crippen molar-refractivity contribution < 1.29 is 13.9 Å². The zero-order valence-electron chi connectivity index (χ0n) is 9.70. The predicted molar refractivity (Wildman–Crippen MR) is 60.8 cm³/mol. The van der Waals surface area contributed by atoms with E-state index in [9.17, 15) is 9.18 Å². The molecule has 0 saturated carbocycles. The van der Waals surface area contributed by atoms with E-state index in [1.165, 1.54) is 12.1 Å². The number of ether oxygens (including phenoxy) is 1. The van der Waals surface area contributed by atoms with Crippen LogP contribution in [0.4, 0.5) is 4.39 Å². The monoisotopic (exact) mass is 224 g/mol. The molecule has 0 aromatic heterocycles. The van der Waals surface area contributed by atoms with Gasteiger partial charge in [-0.15, -0.1) is 0 Å². The number of halogens is 1. The maximum atomic E-state index is 12.7. The fourth-order valence-corrected chi connectivity index (χ4v) is 1.60. The summed E-state index contributed by atoms with van der Waals surface area (Å²) in [5.41, 5.74) is 1.06. The predicted octanol–water partition coefficient (Wildman–Crippen LogP) is 2.75. The van der Waals surface area contributed by atoms with E-state index in [2.05, 4.69) is 0 Å². The minimum atomic E-state index is -0.226. The lowest BCUT2D eigenvalue weighted by Crippen LogP contribution is -2.15. The number of aryl methyl sites for hydroxylation is 1. The molecule has 3 heteroatoms. The maximum absolute atomic E-state index is 12.7. The minimum absolute atomic E-state index is 0.0393. The lowest BCUT2D eigenvalue weighted by atomic mass is 10.0. The topological polar surface area (TPSA) is 26.3 Å². The van der Waals surface area contributed by atoms with Crippen LogP contribution in [-0.4, -0.2) is 19.0 Å². The molecule has 1 aromatic carbocycles. The van der Waals surface area contributed by atoms with Crippen LogP contribution in [0.2, 0.25) is 0 Å². The highest BCUT2D eigenvalue weighted by atomic mass is 19.1. The third-order valence-corrected chi connectivity index (χ3v) is 2.52. The number of carbonyl (C=O) groups excluding carboxylic acids is 1. The Hall–Kier alpha value is -1.22. The van der Waals surface area contributed by atoms with Crippen LogP contribution in [-0.2, 0) is 16.0 Å². The molecule has 2 nitrogen and oxygen atoms in total. The van der Waals surface area contributed by atoms with Crippen LogP contribution in [0, 0.1) is 5.82 Å². The summed E-state index contributed by atoms with van der Waals surface area (Å²) in [7, 11) is 1.61. The highest BCUT2D eigenvalue weighted by molar-refractivity contribution is 5.75. The smallest absolute Gasteiger partial charge is 0.132 e. The number of methoxy groups -OCH3 is 1.